The molecule has 2 aromatic rings. The van der Waals surface area contributed by atoms with Crippen LogP contribution in [-0.2, 0) is 4.74 Å². The fourth-order valence-corrected chi connectivity index (χ4v) is 3.05. The molecule has 1 aromatic heterocycles. The second-order valence-electron chi connectivity index (χ2n) is 6.68. The van der Waals surface area contributed by atoms with Crippen molar-refractivity contribution in [2.24, 2.45) is 0 Å². The Morgan fingerprint density at radius 2 is 1.68 bits per heavy atom. The number of aromatic amines is 1. The fourth-order valence-electron chi connectivity index (χ4n) is 3.05. The van der Waals surface area contributed by atoms with Crippen molar-refractivity contribution in [1.82, 2.24) is 19.8 Å². The molecule has 1 atom stereocenters. The number of aromatic nitrogens is 2. The van der Waals surface area contributed by atoms with Crippen LogP contribution in [0.25, 0.3) is 11.0 Å². The Hall–Kier alpha value is -0.850. The summed E-state index contributed by atoms with van der Waals surface area (Å²) in [6.07, 6.45) is 0.0565. The lowest BCUT2D eigenvalue weighted by molar-refractivity contribution is 0.0773. The molecule has 1 heterocycles. The third-order valence-corrected chi connectivity index (χ3v) is 3.97. The maximum Gasteiger partial charge on any atom is 0.112 e. The van der Waals surface area contributed by atoms with Gasteiger partial charge in [0.15, 0.2) is 0 Å². The number of benzene rings is 1. The third kappa shape index (κ3) is 6.42. The van der Waals surface area contributed by atoms with Crippen LogP contribution in [0, 0.1) is 0 Å². The molecule has 0 saturated heterocycles. The number of ether oxygens (including phenoxy) is 1. The van der Waals surface area contributed by atoms with E-state index in [1.54, 1.807) is 0 Å². The van der Waals surface area contributed by atoms with Crippen LogP contribution < -0.4 is 0 Å². The number of H-pyrrole nitrogens is 1. The van der Waals surface area contributed by atoms with Crippen LogP contribution in [0.1, 0.15) is 37.3 Å². The summed E-state index contributed by atoms with van der Waals surface area (Å²) in [5, 5.41) is 0. The van der Waals surface area contributed by atoms with E-state index in [9.17, 15) is 0 Å². The van der Waals surface area contributed by atoms with E-state index in [4.69, 9.17) is 9.72 Å². The zero-order chi connectivity index (χ0) is 17.0. The molecular weight excluding hydrogens is 359 g/mol. The molecule has 2 rings (SSSR count). The summed E-state index contributed by atoms with van der Waals surface area (Å²) in [4.78, 5) is 12.9. The highest BCUT2D eigenvalue weighted by molar-refractivity contribution is 5.85. The van der Waals surface area contributed by atoms with Gasteiger partial charge in [-0.25, -0.2) is 4.98 Å². The number of nitrogens with one attached hydrogen (secondary N) is 1. The molecule has 1 aromatic carbocycles. The molecule has 0 amide bonds. The Bertz CT molecular complexity index is 621. The Kier molecular flexibility index (Phi) is 10.6. The number of rotatable bonds is 8. The Morgan fingerprint density at radius 3 is 2.20 bits per heavy atom. The van der Waals surface area contributed by atoms with Crippen LogP contribution in [0.5, 0.6) is 0 Å². The summed E-state index contributed by atoms with van der Waals surface area (Å²) < 4.78 is 5.76. The average molecular weight is 391 g/mol. The van der Waals surface area contributed by atoms with Crippen LogP contribution in [0.3, 0.4) is 0 Å². The topological polar surface area (TPSA) is 44.4 Å². The van der Waals surface area contributed by atoms with E-state index >= 15 is 0 Å². The van der Waals surface area contributed by atoms with Crippen LogP contribution >= 0.6 is 24.8 Å². The summed E-state index contributed by atoms with van der Waals surface area (Å²) in [5.41, 5.74) is 3.28. The highest BCUT2D eigenvalue weighted by Gasteiger charge is 2.20. The first-order chi connectivity index (χ1) is 10.9. The van der Waals surface area contributed by atoms with Crippen molar-refractivity contribution in [3.63, 3.8) is 0 Å². The molecule has 5 nitrogen and oxygen atoms in total. The summed E-state index contributed by atoms with van der Waals surface area (Å²) in [6, 6.07) is 6.28. The summed E-state index contributed by atoms with van der Waals surface area (Å²) in [7, 11) is 8.42. The van der Waals surface area contributed by atoms with E-state index in [1.165, 1.54) is 0 Å². The van der Waals surface area contributed by atoms with Crippen LogP contribution in [-0.4, -0.2) is 67.7 Å². The predicted octanol–water partition coefficient (Wildman–Crippen LogP) is 3.71. The summed E-state index contributed by atoms with van der Waals surface area (Å²) >= 11 is 0. The highest BCUT2D eigenvalue weighted by Crippen LogP contribution is 2.27. The quantitative estimate of drug-likeness (QED) is 0.745. The minimum absolute atomic E-state index is 0. The van der Waals surface area contributed by atoms with Crippen molar-refractivity contribution in [2.45, 2.75) is 25.9 Å². The maximum absolute atomic E-state index is 5.76. The van der Waals surface area contributed by atoms with Gasteiger partial charge in [0.1, 0.15) is 5.82 Å². The molecule has 7 heteroatoms. The van der Waals surface area contributed by atoms with Crippen LogP contribution in [0.2, 0.25) is 0 Å². The van der Waals surface area contributed by atoms with Gasteiger partial charge in [-0.15, -0.1) is 24.8 Å². The van der Waals surface area contributed by atoms with Gasteiger partial charge in [0.25, 0.3) is 0 Å². The van der Waals surface area contributed by atoms with E-state index in [0.29, 0.717) is 12.5 Å². The third-order valence-electron chi connectivity index (χ3n) is 3.97. The van der Waals surface area contributed by atoms with Crippen LogP contribution in [0.4, 0.5) is 0 Å². The Labute approximate surface area is 163 Å². The number of hydrogen-bond acceptors (Lipinski definition) is 4. The molecule has 0 fully saturated rings. The molecule has 0 aliphatic heterocycles. The fraction of sp³-hybridized carbons (Fsp3) is 0.611. The number of hydrogen-bond donors (Lipinski definition) is 1. The van der Waals surface area contributed by atoms with Crippen molar-refractivity contribution in [2.75, 3.05) is 47.9 Å². The zero-order valence-corrected chi connectivity index (χ0v) is 17.7. The van der Waals surface area contributed by atoms with Crippen LogP contribution in [0.15, 0.2) is 18.2 Å². The van der Waals surface area contributed by atoms with Gasteiger partial charge in [-0.05, 0) is 48.1 Å². The van der Waals surface area contributed by atoms with E-state index in [2.05, 4.69) is 68.1 Å². The largest absolute Gasteiger partial charge is 0.374 e. The first kappa shape index (κ1) is 24.1. The second-order valence-corrected chi connectivity index (χ2v) is 6.68. The van der Waals surface area contributed by atoms with Crippen molar-refractivity contribution in [3.05, 3.63) is 29.6 Å². The molecule has 0 spiro atoms. The van der Waals surface area contributed by atoms with Gasteiger partial charge in [0, 0.05) is 31.2 Å². The molecule has 0 saturated carbocycles. The summed E-state index contributed by atoms with van der Waals surface area (Å²) in [6.45, 7) is 6.75. The molecule has 0 aliphatic carbocycles. The zero-order valence-electron chi connectivity index (χ0n) is 16.1. The monoisotopic (exact) mass is 390 g/mol. The second kappa shape index (κ2) is 11.0. The van der Waals surface area contributed by atoms with Gasteiger partial charge >= 0.3 is 0 Å². The molecular formula is C18H32Cl2N4O. The Morgan fingerprint density at radius 1 is 1.08 bits per heavy atom. The number of halogens is 2. The van der Waals surface area contributed by atoms with Gasteiger partial charge in [0.05, 0.1) is 17.1 Å². The minimum atomic E-state index is 0. The van der Waals surface area contributed by atoms with Gasteiger partial charge in [0.2, 0.25) is 0 Å². The molecule has 144 valence electrons. The lowest BCUT2D eigenvalue weighted by Crippen LogP contribution is -2.29. The number of para-hydroxylation sites is 1. The van der Waals surface area contributed by atoms with Crippen molar-refractivity contribution >= 4 is 35.8 Å². The number of nitrogens with zero attached hydrogens (tertiary/aromatic N) is 3. The number of imidazole rings is 1. The lowest BCUT2D eigenvalue weighted by Gasteiger charge is -2.22. The molecule has 25 heavy (non-hydrogen) atoms. The molecule has 0 radical (unpaired) electrons. The van der Waals surface area contributed by atoms with Gasteiger partial charge in [-0.3, -0.25) is 0 Å². The molecule has 1 unspecified atom stereocenters. The van der Waals surface area contributed by atoms with Gasteiger partial charge < -0.3 is 19.5 Å². The standard InChI is InChI=1S/C18H30N4O.2ClH/c1-7-23-13(2)15-9-8-10-16-17(15)20-18(19-16)14(11-21(3)4)12-22(5)6;;/h8-10,13-14H,7,11-12H2,1-6H3,(H,19,20);2*1H. The van der Waals surface area contributed by atoms with Crippen molar-refractivity contribution in [1.29, 1.82) is 0 Å². The van der Waals surface area contributed by atoms with Gasteiger partial charge in [-0.1, -0.05) is 12.1 Å². The SMILES string of the molecule is CCOC(C)c1cccc2[nH]c(C(CN(C)C)CN(C)C)nc12.Cl.Cl. The normalized spacial score (nSPS) is 12.5. The minimum Gasteiger partial charge on any atom is -0.374 e. The smallest absolute Gasteiger partial charge is 0.112 e. The maximum atomic E-state index is 5.76. The summed E-state index contributed by atoms with van der Waals surface area (Å²) in [5.74, 6) is 1.40. The predicted molar refractivity (Wildman–Crippen MR) is 110 cm³/mol. The lowest BCUT2D eigenvalue weighted by atomic mass is 10.1. The van der Waals surface area contributed by atoms with E-state index in [1.807, 2.05) is 6.92 Å². The molecule has 0 aliphatic rings. The van der Waals surface area contributed by atoms with E-state index < -0.39 is 0 Å². The first-order valence-corrected chi connectivity index (χ1v) is 8.32. The first-order valence-electron chi connectivity index (χ1n) is 8.32. The average Bonchev–Trinajstić information content (AvgIpc) is 2.89. The Balaban J connectivity index is 0.00000288. The van der Waals surface area contributed by atoms with E-state index in [-0.39, 0.29) is 30.9 Å². The highest BCUT2D eigenvalue weighted by atomic mass is 35.5. The number of likely N-dealkylation sites (N-methyl/N-ethyl adjacent to an activating group) is 2. The molecule has 1 N–H and O–H groups in total. The molecule has 0 bridgehead atoms. The van der Waals surface area contributed by atoms with Crippen molar-refractivity contribution < 1.29 is 4.74 Å². The van der Waals surface area contributed by atoms with Crippen molar-refractivity contribution in [3.8, 4) is 0 Å². The van der Waals surface area contributed by atoms with E-state index in [0.717, 1.165) is 35.5 Å². The van der Waals surface area contributed by atoms with Gasteiger partial charge in [-0.2, -0.15) is 0 Å². The number of fused-ring (bicyclic) bond motifs is 1.